The highest BCUT2D eigenvalue weighted by Gasteiger charge is 2.57. The lowest BCUT2D eigenvalue weighted by atomic mass is 9.98. The summed E-state index contributed by atoms with van der Waals surface area (Å²) in [5.41, 5.74) is 1.02. The smallest absolute Gasteiger partial charge is 0.318 e. The van der Waals surface area contributed by atoms with Crippen LogP contribution < -0.4 is 14.8 Å². The number of pyridine rings is 1. The van der Waals surface area contributed by atoms with E-state index in [4.69, 9.17) is 4.74 Å². The Morgan fingerprint density at radius 1 is 1.26 bits per heavy atom. The number of halogens is 3. The Bertz CT molecular complexity index is 1220. The summed E-state index contributed by atoms with van der Waals surface area (Å²) >= 11 is 0. The third-order valence-electron chi connectivity index (χ3n) is 6.00. The van der Waals surface area contributed by atoms with Gasteiger partial charge < -0.3 is 15.0 Å². The average Bonchev–Trinajstić information content (AvgIpc) is 3.00. The highest BCUT2D eigenvalue weighted by molar-refractivity contribution is 7.90. The highest BCUT2D eigenvalue weighted by Crippen LogP contribution is 2.37. The van der Waals surface area contributed by atoms with Crippen LogP contribution in [-0.2, 0) is 23.0 Å². The number of nitrogens with zero attached hydrogens (tertiary/aromatic N) is 2. The van der Waals surface area contributed by atoms with Crippen molar-refractivity contribution < 1.29 is 31.1 Å². The number of aromatic nitrogens is 1. The molecule has 2 N–H and O–H groups in total. The van der Waals surface area contributed by atoms with Crippen LogP contribution in [0.4, 0.5) is 18.0 Å². The van der Waals surface area contributed by atoms with Crippen molar-refractivity contribution in [3.8, 4) is 11.6 Å². The fourth-order valence-electron chi connectivity index (χ4n) is 3.97. The number of ether oxygens (including phenoxy) is 1. The molecule has 4 bridgehead atoms. The number of amides is 2. The first-order chi connectivity index (χ1) is 15.9. The maximum Gasteiger partial charge on any atom is 0.318 e. The number of benzene rings is 1. The Morgan fingerprint density at radius 3 is 2.71 bits per heavy atom. The second kappa shape index (κ2) is 8.73. The minimum absolute atomic E-state index is 0.000186. The van der Waals surface area contributed by atoms with Gasteiger partial charge in [0.25, 0.3) is 5.92 Å². The van der Waals surface area contributed by atoms with Crippen LogP contribution in [0.5, 0.6) is 11.6 Å². The molecule has 12 heteroatoms. The van der Waals surface area contributed by atoms with Crippen LogP contribution in [0.15, 0.2) is 30.3 Å². The standard InChI is InChI=1S/C22H25F3N4O4S/c1-12(2)34(31,32)28-19-16-9-14-5-4-6-17(18(14)23)33-20-13(3)7-8-15(27-20)10-26-21(30)29(16)11-22(19,24)25/h4-8,12,16,19,28H,9-11H2,1-3H3,(H,26,30)/t16-,19+/m0/s1. The van der Waals surface area contributed by atoms with Gasteiger partial charge in [0.2, 0.25) is 15.9 Å². The topological polar surface area (TPSA) is 101 Å². The molecule has 1 aromatic carbocycles. The van der Waals surface area contributed by atoms with Gasteiger partial charge in [-0.05, 0) is 44.9 Å². The van der Waals surface area contributed by atoms with E-state index in [1.807, 2.05) is 0 Å². The van der Waals surface area contributed by atoms with Crippen molar-refractivity contribution in [2.24, 2.45) is 0 Å². The Hall–Kier alpha value is -2.86. The van der Waals surface area contributed by atoms with Crippen molar-refractivity contribution in [2.45, 2.75) is 57.0 Å². The molecule has 34 heavy (non-hydrogen) atoms. The van der Waals surface area contributed by atoms with E-state index in [2.05, 4.69) is 15.0 Å². The normalized spacial score (nSPS) is 22.2. The fourth-order valence-corrected chi connectivity index (χ4v) is 4.93. The summed E-state index contributed by atoms with van der Waals surface area (Å²) in [6.45, 7) is 3.32. The largest absolute Gasteiger partial charge is 0.436 e. The molecule has 184 valence electrons. The fraction of sp³-hybridized carbons (Fsp3) is 0.455. The molecule has 0 unspecified atom stereocenters. The first-order valence-electron chi connectivity index (χ1n) is 10.7. The van der Waals surface area contributed by atoms with E-state index in [0.717, 1.165) is 4.90 Å². The number of sulfonamides is 1. The van der Waals surface area contributed by atoms with Crippen molar-refractivity contribution in [1.29, 1.82) is 0 Å². The molecular formula is C22H25F3N4O4S. The molecule has 0 spiro atoms. The number of alkyl halides is 2. The number of urea groups is 1. The van der Waals surface area contributed by atoms with E-state index in [1.54, 1.807) is 19.1 Å². The Kier molecular flexibility index (Phi) is 6.23. The van der Waals surface area contributed by atoms with E-state index in [1.165, 1.54) is 32.0 Å². The van der Waals surface area contributed by atoms with Crippen LogP contribution >= 0.6 is 0 Å². The van der Waals surface area contributed by atoms with E-state index < -0.39 is 51.7 Å². The van der Waals surface area contributed by atoms with Crippen molar-refractivity contribution >= 4 is 16.1 Å². The predicted molar refractivity (Wildman–Crippen MR) is 118 cm³/mol. The van der Waals surface area contributed by atoms with Crippen LogP contribution in [-0.4, -0.2) is 54.1 Å². The number of hydrogen-bond donors (Lipinski definition) is 2. The van der Waals surface area contributed by atoms with Gasteiger partial charge in [0, 0.05) is 5.56 Å². The summed E-state index contributed by atoms with van der Waals surface area (Å²) in [6.07, 6.45) is -0.360. The number of hydrogen-bond acceptors (Lipinski definition) is 5. The lowest BCUT2D eigenvalue weighted by Crippen LogP contribution is -2.54. The molecule has 1 fully saturated rings. The number of rotatable bonds is 3. The highest BCUT2D eigenvalue weighted by atomic mass is 32.2. The second-order valence-corrected chi connectivity index (χ2v) is 11.0. The number of aryl methyl sites for hydroxylation is 1. The third-order valence-corrected chi connectivity index (χ3v) is 7.83. The van der Waals surface area contributed by atoms with Crippen LogP contribution in [0.1, 0.15) is 30.7 Å². The minimum atomic E-state index is -4.12. The molecule has 3 heterocycles. The molecule has 2 atom stereocenters. The van der Waals surface area contributed by atoms with Gasteiger partial charge in [-0.15, -0.1) is 0 Å². The van der Waals surface area contributed by atoms with Crippen molar-refractivity contribution in [3.05, 3.63) is 53.0 Å². The summed E-state index contributed by atoms with van der Waals surface area (Å²) in [4.78, 5) is 18.1. The van der Waals surface area contributed by atoms with Gasteiger partial charge in [0.15, 0.2) is 11.6 Å². The summed E-state index contributed by atoms with van der Waals surface area (Å²) < 4.78 is 78.2. The first-order valence-corrected chi connectivity index (χ1v) is 12.3. The molecule has 8 nitrogen and oxygen atoms in total. The molecule has 2 aliphatic rings. The summed E-state index contributed by atoms with van der Waals surface area (Å²) in [7, 11) is -4.12. The average molecular weight is 499 g/mol. The van der Waals surface area contributed by atoms with Crippen LogP contribution in [0.3, 0.4) is 0 Å². The van der Waals surface area contributed by atoms with Crippen molar-refractivity contribution in [1.82, 2.24) is 19.9 Å². The predicted octanol–water partition coefficient (Wildman–Crippen LogP) is 3.10. The molecule has 1 saturated heterocycles. The number of carbonyl (C=O) groups is 1. The van der Waals surface area contributed by atoms with E-state index in [0.29, 0.717) is 11.3 Å². The van der Waals surface area contributed by atoms with E-state index in [-0.39, 0.29) is 30.2 Å². The third kappa shape index (κ3) is 4.56. The van der Waals surface area contributed by atoms with Crippen LogP contribution in [0.2, 0.25) is 0 Å². The second-order valence-electron chi connectivity index (χ2n) is 8.76. The molecule has 0 radical (unpaired) electrons. The summed E-state index contributed by atoms with van der Waals surface area (Å²) in [5.74, 6) is -4.38. The van der Waals surface area contributed by atoms with Gasteiger partial charge in [0.05, 0.1) is 30.1 Å². The Labute approximate surface area is 195 Å². The number of nitrogens with one attached hydrogen (secondary N) is 2. The van der Waals surface area contributed by atoms with Crippen LogP contribution in [0.25, 0.3) is 0 Å². The minimum Gasteiger partial charge on any atom is -0.436 e. The summed E-state index contributed by atoms with van der Waals surface area (Å²) in [6, 6.07) is 3.45. The van der Waals surface area contributed by atoms with E-state index in [9.17, 15) is 13.2 Å². The van der Waals surface area contributed by atoms with E-state index >= 15 is 13.2 Å². The summed E-state index contributed by atoms with van der Waals surface area (Å²) in [5, 5.41) is 1.57. The van der Waals surface area contributed by atoms with Crippen molar-refractivity contribution in [2.75, 3.05) is 6.54 Å². The quantitative estimate of drug-likeness (QED) is 0.678. The Balaban J connectivity index is 1.81. The van der Waals surface area contributed by atoms with Gasteiger partial charge >= 0.3 is 6.03 Å². The molecule has 0 aliphatic carbocycles. The van der Waals surface area contributed by atoms with Gasteiger partial charge in [-0.3, -0.25) is 0 Å². The van der Waals surface area contributed by atoms with Crippen LogP contribution in [0, 0.1) is 12.7 Å². The number of fused-ring (bicyclic) bond motifs is 5. The number of carbonyl (C=O) groups excluding carboxylic acids is 1. The van der Waals surface area contributed by atoms with Gasteiger partial charge in [-0.25, -0.2) is 36.1 Å². The maximum absolute atomic E-state index is 15.4. The van der Waals surface area contributed by atoms with Gasteiger partial charge in [0.1, 0.15) is 6.04 Å². The molecule has 0 saturated carbocycles. The molecule has 2 amide bonds. The zero-order valence-electron chi connectivity index (χ0n) is 18.8. The molecule has 4 rings (SSSR count). The first kappa shape index (κ1) is 24.3. The van der Waals surface area contributed by atoms with Crippen molar-refractivity contribution in [3.63, 3.8) is 0 Å². The Morgan fingerprint density at radius 2 is 2.00 bits per heavy atom. The monoisotopic (exact) mass is 498 g/mol. The molecule has 1 aromatic heterocycles. The molecule has 2 aromatic rings. The molecular weight excluding hydrogens is 473 g/mol. The van der Waals surface area contributed by atoms with Gasteiger partial charge in [-0.1, -0.05) is 18.2 Å². The maximum atomic E-state index is 15.4. The zero-order valence-corrected chi connectivity index (χ0v) is 19.6. The molecule has 2 aliphatic heterocycles. The lowest BCUT2D eigenvalue weighted by Gasteiger charge is -2.29. The zero-order chi connectivity index (χ0) is 24.8. The lowest BCUT2D eigenvalue weighted by molar-refractivity contribution is -0.00462. The SMILES string of the molecule is Cc1ccc2nc1Oc1cccc(c1F)C[C@H]1[C@@H](NS(=O)(=O)C(C)C)C(F)(F)CN1C(=O)NC2. The van der Waals surface area contributed by atoms with Gasteiger partial charge in [-0.2, -0.15) is 0 Å².